The van der Waals surface area contributed by atoms with Crippen molar-refractivity contribution in [2.45, 2.75) is 27.7 Å². The molecule has 89 valence electrons. The van der Waals surface area contributed by atoms with Crippen LogP contribution in [-0.4, -0.2) is 23.0 Å². The van der Waals surface area contributed by atoms with E-state index in [-0.39, 0.29) is 40.1 Å². The minimum atomic E-state index is -0.125. The second-order valence-corrected chi connectivity index (χ2v) is 2.79. The largest absolute Gasteiger partial charge is 2.00 e. The van der Waals surface area contributed by atoms with E-state index in [9.17, 15) is 9.59 Å². The van der Waals surface area contributed by atoms with Crippen LogP contribution in [0.1, 0.15) is 27.7 Å². The Morgan fingerprint density at radius 2 is 1.00 bits per heavy atom. The van der Waals surface area contributed by atoms with E-state index in [0.29, 0.717) is 0 Å². The van der Waals surface area contributed by atoms with Crippen molar-refractivity contribution in [1.29, 1.82) is 0 Å². The molecule has 0 aromatic heterocycles. The van der Waals surface area contributed by atoms with E-state index in [1.54, 1.807) is 0 Å². The second-order valence-electron chi connectivity index (χ2n) is 2.79. The molecule has 0 aromatic rings. The molecule has 0 amide bonds. The fourth-order valence-electron chi connectivity index (χ4n) is 0.588. The first-order valence-electron chi connectivity index (χ1n) is 4.01. The average Bonchev–Trinajstić information content (AvgIpc) is 1.79. The summed E-state index contributed by atoms with van der Waals surface area (Å²) in [7, 11) is 0. The van der Waals surface area contributed by atoms with Gasteiger partial charge in [-0.05, 0) is 25.4 Å². The van der Waals surface area contributed by atoms with E-state index in [1.807, 2.05) is 0 Å². The zero-order valence-corrected chi connectivity index (χ0v) is 10.1. The molecule has 0 rings (SSSR count). The Bertz CT molecular complexity index is 200. The standard InChI is InChI=1S/2C5H7NO.Cu/c2*1-4(6)3-5(2)7;/h2*3H,1-2H3;/q2*-2;+2. The van der Waals surface area contributed by atoms with Gasteiger partial charge in [-0.3, -0.25) is 0 Å². The van der Waals surface area contributed by atoms with Crippen LogP contribution in [0, 0.1) is 12.8 Å². The fourth-order valence-corrected chi connectivity index (χ4v) is 0.588. The molecular weight excluding hydrogens is 244 g/mol. The molecule has 1 radical (unpaired) electrons. The summed E-state index contributed by atoms with van der Waals surface area (Å²) in [5, 5.41) is 16.7. The molecule has 0 saturated heterocycles. The molecule has 0 aliphatic rings. The molecule has 0 bridgehead atoms. The van der Waals surface area contributed by atoms with Crippen LogP contribution >= 0.6 is 0 Å². The van der Waals surface area contributed by atoms with E-state index in [0.717, 1.165) is 0 Å². The molecule has 15 heavy (non-hydrogen) atoms. The minimum Gasteiger partial charge on any atom is -0.838 e. The van der Waals surface area contributed by atoms with E-state index in [4.69, 9.17) is 10.8 Å². The molecule has 0 aromatic carbocycles. The van der Waals surface area contributed by atoms with Crippen molar-refractivity contribution in [3.63, 3.8) is 0 Å². The topological polar surface area (TPSA) is 78.7 Å². The monoisotopic (exact) mass is 257 g/mol. The number of carbonyl (C=O) groups excluding carboxylic acids is 2. The van der Waals surface area contributed by atoms with Gasteiger partial charge in [0.05, 0.1) is 0 Å². The average molecular weight is 258 g/mol. The summed E-state index contributed by atoms with van der Waals surface area (Å²) in [5.74, 6) is -0.250. The number of carbonyl (C=O) groups is 2. The number of hydrogen-bond donors (Lipinski definition) is 0. The Hall–Kier alpha value is -1.06. The third-order valence-electron chi connectivity index (χ3n) is 0.824. The summed E-state index contributed by atoms with van der Waals surface area (Å²) in [4.78, 5) is 20.0. The molecule has 0 spiro atoms. The maximum absolute atomic E-state index is 10.0. The summed E-state index contributed by atoms with van der Waals surface area (Å²) in [6, 6.07) is 0. The maximum Gasteiger partial charge on any atom is 2.00 e. The molecule has 0 saturated carbocycles. The van der Waals surface area contributed by atoms with E-state index in [2.05, 4.69) is 0 Å². The number of rotatable bonds is 4. The zero-order valence-electron chi connectivity index (χ0n) is 9.17. The zero-order chi connectivity index (χ0) is 11.7. The molecule has 0 atom stereocenters. The fraction of sp³-hybridized carbons (Fsp3) is 0.400. The van der Waals surface area contributed by atoms with Gasteiger partial charge in [0.1, 0.15) is 0 Å². The van der Waals surface area contributed by atoms with Crippen LogP contribution in [0.5, 0.6) is 0 Å². The van der Waals surface area contributed by atoms with Crippen molar-refractivity contribution in [3.05, 3.63) is 23.7 Å². The molecular formula is C10H14CuN2O2-2. The van der Waals surface area contributed by atoms with Crippen molar-refractivity contribution in [2.24, 2.45) is 0 Å². The Balaban J connectivity index is -0.000000180. The van der Waals surface area contributed by atoms with Gasteiger partial charge < -0.3 is 44.7 Å². The van der Waals surface area contributed by atoms with Crippen LogP contribution in [-0.2, 0) is 26.7 Å². The van der Waals surface area contributed by atoms with Gasteiger partial charge in [0, 0.05) is 0 Å². The number of hydrogen-bond acceptors (Lipinski definition) is 2. The van der Waals surface area contributed by atoms with Gasteiger partial charge in [-0.1, -0.05) is 13.8 Å². The summed E-state index contributed by atoms with van der Waals surface area (Å²) in [6.07, 6.45) is 2.33. The maximum atomic E-state index is 10.0. The molecule has 0 aliphatic heterocycles. The van der Waals surface area contributed by atoms with Crippen molar-refractivity contribution in [2.75, 3.05) is 0 Å². The molecule has 0 unspecified atom stereocenters. The van der Waals surface area contributed by atoms with Crippen molar-refractivity contribution >= 4 is 23.0 Å². The first kappa shape index (κ1) is 19.5. The van der Waals surface area contributed by atoms with Crippen molar-refractivity contribution in [3.8, 4) is 0 Å². The first-order valence-corrected chi connectivity index (χ1v) is 4.01. The minimum absolute atomic E-state index is 0. The third kappa shape index (κ3) is 32.2. The summed E-state index contributed by atoms with van der Waals surface area (Å²) < 4.78 is 0. The van der Waals surface area contributed by atoms with Gasteiger partial charge in [-0.15, -0.1) is 0 Å². The van der Waals surface area contributed by atoms with Gasteiger partial charge in [0.25, 0.3) is 0 Å². The van der Waals surface area contributed by atoms with Crippen LogP contribution in [0.15, 0.2) is 0 Å². The van der Waals surface area contributed by atoms with Crippen LogP contribution < -0.4 is 0 Å². The van der Waals surface area contributed by atoms with Crippen LogP contribution in [0.2, 0.25) is 0 Å². The molecule has 0 heterocycles. The van der Waals surface area contributed by atoms with E-state index >= 15 is 0 Å². The Kier molecular flexibility index (Phi) is 14.3. The SMILES string of the molecule is CC(=[N-])[CH-]C(C)=O.CC(=[N-])[CH-]C(C)=O.[Cu+2]. The van der Waals surface area contributed by atoms with Crippen LogP contribution in [0.3, 0.4) is 0 Å². The van der Waals surface area contributed by atoms with Crippen molar-refractivity contribution < 1.29 is 26.7 Å². The summed E-state index contributed by atoms with van der Waals surface area (Å²) in [6.45, 7) is 5.70. The Labute approximate surface area is 101 Å². The van der Waals surface area contributed by atoms with E-state index in [1.165, 1.54) is 40.5 Å². The number of Topliss-reactive ketones (excluding diaryl/α,β-unsaturated/α-hetero) is 2. The molecule has 4 nitrogen and oxygen atoms in total. The van der Waals surface area contributed by atoms with Gasteiger partial charge in [-0.2, -0.15) is 0 Å². The van der Waals surface area contributed by atoms with Gasteiger partial charge in [-0.25, -0.2) is 0 Å². The number of ketones is 2. The predicted octanol–water partition coefficient (Wildman–Crippen LogP) is 1.62. The summed E-state index contributed by atoms with van der Waals surface area (Å²) in [5.41, 5.74) is 0.125. The molecule has 0 fully saturated rings. The van der Waals surface area contributed by atoms with Crippen molar-refractivity contribution in [1.82, 2.24) is 0 Å². The Morgan fingerprint density at radius 1 is 0.800 bits per heavy atom. The first-order chi connectivity index (χ1) is 6.25. The van der Waals surface area contributed by atoms with Gasteiger partial charge in [0.2, 0.25) is 0 Å². The number of nitrogens with zero attached hydrogens (tertiary/aromatic N) is 2. The van der Waals surface area contributed by atoms with Gasteiger partial charge >= 0.3 is 17.1 Å². The Morgan fingerprint density at radius 3 is 1.00 bits per heavy atom. The van der Waals surface area contributed by atoms with Gasteiger partial charge in [0.15, 0.2) is 0 Å². The smallest absolute Gasteiger partial charge is 0.838 e. The second kappa shape index (κ2) is 11.0. The molecule has 0 aliphatic carbocycles. The van der Waals surface area contributed by atoms with E-state index < -0.39 is 0 Å². The molecule has 5 heteroatoms. The normalized spacial score (nSPS) is 7.20. The van der Waals surface area contributed by atoms with Crippen LogP contribution in [0.25, 0.3) is 10.8 Å². The quantitative estimate of drug-likeness (QED) is 0.436. The predicted molar refractivity (Wildman–Crippen MR) is 58.0 cm³/mol. The molecule has 0 N–H and O–H groups in total. The third-order valence-corrected chi connectivity index (χ3v) is 0.824. The summed E-state index contributed by atoms with van der Waals surface area (Å²) >= 11 is 0. The van der Waals surface area contributed by atoms with Crippen LogP contribution in [0.4, 0.5) is 0 Å².